The molecule has 0 radical (unpaired) electrons. The molecule has 3 rings (SSSR count). The van der Waals surface area contributed by atoms with E-state index in [1.807, 2.05) is 12.1 Å². The fourth-order valence-corrected chi connectivity index (χ4v) is 4.16. The van der Waals surface area contributed by atoms with Crippen molar-refractivity contribution in [2.75, 3.05) is 13.1 Å². The summed E-state index contributed by atoms with van der Waals surface area (Å²) >= 11 is 0. The molecule has 0 spiro atoms. The summed E-state index contributed by atoms with van der Waals surface area (Å²) in [5.41, 5.74) is 7.18. The van der Waals surface area contributed by atoms with Crippen LogP contribution in [0.1, 0.15) is 55.7 Å². The number of nitrogens with two attached hydrogens (primary N) is 1. The highest BCUT2D eigenvalue weighted by atomic mass is 19.3. The molecule has 3 unspecified atom stereocenters. The van der Waals surface area contributed by atoms with Crippen LogP contribution < -0.4 is 5.73 Å². The fraction of sp³-hybridized carbons (Fsp3) is 0.647. The minimum Gasteiger partial charge on any atom is -0.329 e. The summed E-state index contributed by atoms with van der Waals surface area (Å²) < 4.78 is 25.3. The zero-order valence-electron chi connectivity index (χ0n) is 12.3. The number of likely N-dealkylation sites (tertiary alicyclic amines) is 1. The Bertz CT molecular complexity index is 460. The first kappa shape index (κ1) is 14.9. The second-order valence-corrected chi connectivity index (χ2v) is 6.36. The lowest BCUT2D eigenvalue weighted by Crippen LogP contribution is -2.40. The number of halogens is 2. The van der Waals surface area contributed by atoms with Gasteiger partial charge in [-0.2, -0.15) is 0 Å². The average molecular weight is 294 g/mol. The Labute approximate surface area is 125 Å². The van der Waals surface area contributed by atoms with Crippen molar-refractivity contribution >= 4 is 0 Å². The number of hydrogen-bond acceptors (Lipinski definition) is 2. The third-order valence-corrected chi connectivity index (χ3v) is 5.25. The van der Waals surface area contributed by atoms with Crippen molar-refractivity contribution in [2.45, 2.75) is 50.6 Å². The molecule has 116 valence electrons. The molecule has 4 heteroatoms. The lowest BCUT2D eigenvalue weighted by molar-refractivity contribution is 0.135. The Morgan fingerprint density at radius 2 is 1.71 bits per heavy atom. The van der Waals surface area contributed by atoms with E-state index >= 15 is 0 Å². The molecule has 2 N–H and O–H groups in total. The van der Waals surface area contributed by atoms with Crippen LogP contribution in [0.25, 0.3) is 0 Å². The van der Waals surface area contributed by atoms with Crippen LogP contribution in [-0.2, 0) is 0 Å². The van der Waals surface area contributed by atoms with Crippen LogP contribution in [0, 0.1) is 5.92 Å². The van der Waals surface area contributed by atoms with Gasteiger partial charge in [0.2, 0.25) is 0 Å². The third kappa shape index (κ3) is 2.97. The van der Waals surface area contributed by atoms with Gasteiger partial charge in [-0.05, 0) is 37.3 Å². The van der Waals surface area contributed by atoms with E-state index in [-0.39, 0.29) is 11.6 Å². The number of nitrogens with zero attached hydrogens (tertiary/aromatic N) is 1. The second kappa shape index (κ2) is 6.41. The van der Waals surface area contributed by atoms with E-state index in [1.165, 1.54) is 44.2 Å². The van der Waals surface area contributed by atoms with Crippen molar-refractivity contribution < 1.29 is 8.78 Å². The van der Waals surface area contributed by atoms with Crippen molar-refractivity contribution in [1.82, 2.24) is 4.90 Å². The number of fused-ring (bicyclic) bond motifs is 1. The molecule has 3 atom stereocenters. The monoisotopic (exact) mass is 294 g/mol. The highest BCUT2D eigenvalue weighted by Gasteiger charge is 2.38. The normalized spacial score (nSPS) is 27.8. The molecular formula is C17H24F2N2. The zero-order valence-corrected chi connectivity index (χ0v) is 12.3. The van der Waals surface area contributed by atoms with Gasteiger partial charge >= 0.3 is 0 Å². The summed E-state index contributed by atoms with van der Waals surface area (Å²) in [6, 6.07) is 7.55. The number of rotatable bonds is 4. The Kier molecular flexibility index (Phi) is 4.55. The maximum atomic E-state index is 12.7. The number of alkyl halides is 2. The van der Waals surface area contributed by atoms with Crippen molar-refractivity contribution in [3.63, 3.8) is 0 Å². The van der Waals surface area contributed by atoms with Crippen LogP contribution in [0.3, 0.4) is 0 Å². The summed E-state index contributed by atoms with van der Waals surface area (Å²) in [4.78, 5) is 2.53. The van der Waals surface area contributed by atoms with Gasteiger partial charge in [0.1, 0.15) is 0 Å². The largest absolute Gasteiger partial charge is 0.329 e. The smallest absolute Gasteiger partial charge is 0.263 e. The van der Waals surface area contributed by atoms with Gasteiger partial charge in [0.05, 0.1) is 0 Å². The van der Waals surface area contributed by atoms with Crippen LogP contribution in [0.2, 0.25) is 0 Å². The van der Waals surface area contributed by atoms with E-state index in [1.54, 1.807) is 0 Å². The molecule has 2 fully saturated rings. The number of benzene rings is 1. The van der Waals surface area contributed by atoms with Gasteiger partial charge in [-0.1, -0.05) is 37.1 Å². The van der Waals surface area contributed by atoms with E-state index in [0.29, 0.717) is 12.6 Å². The molecule has 21 heavy (non-hydrogen) atoms. The minimum atomic E-state index is -2.40. The highest BCUT2D eigenvalue weighted by molar-refractivity contribution is 5.26. The molecule has 1 aromatic rings. The maximum absolute atomic E-state index is 12.7. The first-order valence-corrected chi connectivity index (χ1v) is 8.04. The predicted molar refractivity (Wildman–Crippen MR) is 80.3 cm³/mol. The Balaban J connectivity index is 1.78. The first-order chi connectivity index (χ1) is 10.2. The third-order valence-electron chi connectivity index (χ3n) is 5.25. The molecule has 1 aromatic carbocycles. The predicted octanol–water partition coefficient (Wildman–Crippen LogP) is 3.89. The van der Waals surface area contributed by atoms with Crippen molar-refractivity contribution in [3.8, 4) is 0 Å². The minimum absolute atomic E-state index is 0.0893. The first-order valence-electron chi connectivity index (χ1n) is 8.04. The quantitative estimate of drug-likeness (QED) is 0.913. The lowest BCUT2D eigenvalue weighted by Gasteiger charge is -2.37. The highest BCUT2D eigenvalue weighted by Crippen LogP contribution is 2.40. The second-order valence-electron chi connectivity index (χ2n) is 6.36. The summed E-state index contributed by atoms with van der Waals surface area (Å²) in [5.74, 6) is 0.813. The zero-order chi connectivity index (χ0) is 14.8. The summed E-state index contributed by atoms with van der Waals surface area (Å²) in [6.07, 6.45) is 4.12. The van der Waals surface area contributed by atoms with E-state index in [4.69, 9.17) is 5.73 Å². The molecule has 0 amide bonds. The van der Waals surface area contributed by atoms with Gasteiger partial charge in [0, 0.05) is 24.2 Å². The number of hydrogen-bond donors (Lipinski definition) is 1. The Hall–Kier alpha value is -1.00. The summed E-state index contributed by atoms with van der Waals surface area (Å²) in [7, 11) is 0. The van der Waals surface area contributed by atoms with E-state index in [2.05, 4.69) is 4.90 Å². The molecular weight excluding hydrogens is 270 g/mol. The van der Waals surface area contributed by atoms with Crippen molar-refractivity contribution in [1.29, 1.82) is 0 Å². The van der Waals surface area contributed by atoms with Gasteiger partial charge in [-0.25, -0.2) is 8.78 Å². The van der Waals surface area contributed by atoms with Gasteiger partial charge in [0.25, 0.3) is 6.43 Å². The van der Waals surface area contributed by atoms with E-state index in [0.717, 1.165) is 18.0 Å². The average Bonchev–Trinajstić information content (AvgIpc) is 2.93. The van der Waals surface area contributed by atoms with Crippen LogP contribution in [0.5, 0.6) is 0 Å². The maximum Gasteiger partial charge on any atom is 0.263 e. The lowest BCUT2D eigenvalue weighted by atomic mass is 9.84. The topological polar surface area (TPSA) is 29.3 Å². The summed E-state index contributed by atoms with van der Waals surface area (Å²) in [6.45, 7) is 1.64. The molecule has 1 aliphatic heterocycles. The molecule has 1 saturated heterocycles. The molecule has 2 aliphatic rings. The molecule has 0 bridgehead atoms. The van der Waals surface area contributed by atoms with E-state index in [9.17, 15) is 8.78 Å². The SMILES string of the molecule is NCC(c1ccc(C(F)F)cc1)N1CCC2CCCCC21. The Morgan fingerprint density at radius 1 is 1.05 bits per heavy atom. The van der Waals surface area contributed by atoms with E-state index < -0.39 is 6.43 Å². The van der Waals surface area contributed by atoms with Crippen molar-refractivity contribution in [2.24, 2.45) is 11.7 Å². The molecule has 0 aromatic heterocycles. The molecule has 2 nitrogen and oxygen atoms in total. The van der Waals surface area contributed by atoms with Crippen LogP contribution in [-0.4, -0.2) is 24.0 Å². The standard InChI is InChI=1S/C17H24F2N2/c18-17(19)14-7-5-13(6-8-14)16(11-20)21-10-9-12-3-1-2-4-15(12)21/h5-8,12,15-17H,1-4,9-11,20H2. The Morgan fingerprint density at radius 3 is 2.38 bits per heavy atom. The molecule has 1 heterocycles. The van der Waals surface area contributed by atoms with Gasteiger partial charge in [-0.15, -0.1) is 0 Å². The van der Waals surface area contributed by atoms with Gasteiger partial charge in [0.15, 0.2) is 0 Å². The molecule has 1 aliphatic carbocycles. The van der Waals surface area contributed by atoms with Gasteiger partial charge in [-0.3, -0.25) is 4.90 Å². The van der Waals surface area contributed by atoms with Crippen LogP contribution >= 0.6 is 0 Å². The van der Waals surface area contributed by atoms with Crippen LogP contribution in [0.4, 0.5) is 8.78 Å². The van der Waals surface area contributed by atoms with Crippen molar-refractivity contribution in [3.05, 3.63) is 35.4 Å². The van der Waals surface area contributed by atoms with Crippen LogP contribution in [0.15, 0.2) is 24.3 Å². The van der Waals surface area contributed by atoms with Gasteiger partial charge < -0.3 is 5.73 Å². The fourth-order valence-electron chi connectivity index (χ4n) is 4.16. The molecule has 1 saturated carbocycles. The summed E-state index contributed by atoms with van der Waals surface area (Å²) in [5, 5.41) is 0.